The van der Waals surface area contributed by atoms with E-state index >= 15 is 0 Å². The topological polar surface area (TPSA) is 29.1 Å². The molecule has 4 fully saturated rings. The molecule has 0 radical (unpaired) electrons. The SMILES string of the molecule is CC(=O)N[C@@H]1CC[C@@]2(C)[C@@H](CC[C@]3(C)[C@@H]2CC[C@@]2(C)[C@H]3CC[C@@H]2C(C)CCCC(C)C)C1. The summed E-state index contributed by atoms with van der Waals surface area (Å²) in [6.07, 6.45) is 16.7. The molecule has 0 heterocycles. The molecule has 0 aliphatic heterocycles. The molecule has 184 valence electrons. The van der Waals surface area contributed by atoms with Crippen molar-refractivity contribution in [3.8, 4) is 0 Å². The van der Waals surface area contributed by atoms with Gasteiger partial charge < -0.3 is 5.32 Å². The van der Waals surface area contributed by atoms with Gasteiger partial charge in [0.15, 0.2) is 0 Å². The molecule has 0 aromatic carbocycles. The van der Waals surface area contributed by atoms with Gasteiger partial charge in [-0.25, -0.2) is 0 Å². The van der Waals surface area contributed by atoms with Gasteiger partial charge in [-0.3, -0.25) is 4.79 Å². The van der Waals surface area contributed by atoms with E-state index in [-0.39, 0.29) is 5.91 Å². The summed E-state index contributed by atoms with van der Waals surface area (Å²) in [6, 6.07) is 0.423. The summed E-state index contributed by atoms with van der Waals surface area (Å²) in [6.45, 7) is 17.1. The normalized spacial score (nSPS) is 46.8. The molecule has 1 unspecified atom stereocenters. The van der Waals surface area contributed by atoms with Crippen molar-refractivity contribution in [1.29, 1.82) is 0 Å². The van der Waals surface area contributed by atoms with Crippen LogP contribution in [0.2, 0.25) is 0 Å². The lowest BCUT2D eigenvalue weighted by molar-refractivity contribution is -0.169. The number of amides is 1. The van der Waals surface area contributed by atoms with Crippen LogP contribution in [0.5, 0.6) is 0 Å². The Labute approximate surface area is 199 Å². The number of carbonyl (C=O) groups excluding carboxylic acids is 1. The second-order valence-electron chi connectivity index (χ2n) is 14.1. The Morgan fingerprint density at radius 3 is 2.19 bits per heavy atom. The molecular weight excluding hydrogens is 390 g/mol. The molecule has 0 aromatic heterocycles. The first kappa shape index (κ1) is 24.6. The van der Waals surface area contributed by atoms with Gasteiger partial charge in [-0.2, -0.15) is 0 Å². The number of carbonyl (C=O) groups is 1. The summed E-state index contributed by atoms with van der Waals surface area (Å²) in [5.41, 5.74) is 1.59. The van der Waals surface area contributed by atoms with E-state index in [1.165, 1.54) is 77.0 Å². The lowest BCUT2D eigenvalue weighted by atomic mass is 9.39. The van der Waals surface area contributed by atoms with E-state index in [9.17, 15) is 4.79 Å². The number of hydrogen-bond donors (Lipinski definition) is 1. The van der Waals surface area contributed by atoms with E-state index in [1.54, 1.807) is 6.92 Å². The minimum atomic E-state index is 0.159. The number of nitrogens with one attached hydrogen (secondary N) is 1. The third kappa shape index (κ3) is 4.08. The summed E-state index contributed by atoms with van der Waals surface area (Å²) in [4.78, 5) is 11.7. The molecule has 0 aromatic rings. The Balaban J connectivity index is 1.49. The largest absolute Gasteiger partial charge is 0.354 e. The number of fused-ring (bicyclic) bond motifs is 5. The molecule has 4 saturated carbocycles. The van der Waals surface area contributed by atoms with Crippen LogP contribution in [0.1, 0.15) is 126 Å². The predicted molar refractivity (Wildman–Crippen MR) is 135 cm³/mol. The van der Waals surface area contributed by atoms with Crippen LogP contribution in [0.3, 0.4) is 0 Å². The highest BCUT2D eigenvalue weighted by molar-refractivity contribution is 5.73. The third-order valence-corrected chi connectivity index (χ3v) is 11.9. The first-order valence-corrected chi connectivity index (χ1v) is 14.3. The fraction of sp³-hybridized carbons (Fsp3) is 0.967. The fourth-order valence-corrected chi connectivity index (χ4v) is 10.4. The van der Waals surface area contributed by atoms with E-state index in [1.807, 2.05) is 0 Å². The molecule has 4 rings (SSSR count). The quantitative estimate of drug-likeness (QED) is 0.442. The molecule has 2 heteroatoms. The molecule has 4 aliphatic rings. The van der Waals surface area contributed by atoms with Crippen LogP contribution in [0, 0.1) is 51.8 Å². The third-order valence-electron chi connectivity index (χ3n) is 11.9. The minimum absolute atomic E-state index is 0.159. The highest BCUT2D eigenvalue weighted by Gasteiger charge is 2.65. The van der Waals surface area contributed by atoms with Gasteiger partial charge in [-0.05, 0) is 110 Å². The molecule has 9 atom stereocenters. The van der Waals surface area contributed by atoms with Gasteiger partial charge in [-0.1, -0.05) is 60.8 Å². The Bertz CT molecular complexity index is 686. The first-order valence-electron chi connectivity index (χ1n) is 14.3. The van der Waals surface area contributed by atoms with Crippen LogP contribution in [0.4, 0.5) is 0 Å². The van der Waals surface area contributed by atoms with Gasteiger partial charge >= 0.3 is 0 Å². The molecule has 32 heavy (non-hydrogen) atoms. The van der Waals surface area contributed by atoms with E-state index in [0.717, 1.165) is 35.5 Å². The Kier molecular flexibility index (Phi) is 6.85. The molecule has 4 aliphatic carbocycles. The standard InChI is InChI=1S/C30H53NO/c1-20(2)9-8-10-21(3)25-11-12-26-29(25,6)18-15-27-28(5)17-14-24(31-22(4)32)19-23(28)13-16-30(26,27)7/h20-21,23-27H,8-19H2,1-7H3,(H,31,32)/t21?,23-,24+,25+,26+,27+,28-,29+,30-/m0/s1. The Hall–Kier alpha value is -0.530. The van der Waals surface area contributed by atoms with Crippen molar-refractivity contribution < 1.29 is 4.79 Å². The van der Waals surface area contributed by atoms with Crippen LogP contribution >= 0.6 is 0 Å². The van der Waals surface area contributed by atoms with Gasteiger partial charge in [0.2, 0.25) is 5.91 Å². The molecule has 1 N–H and O–H groups in total. The van der Waals surface area contributed by atoms with Crippen molar-refractivity contribution >= 4 is 5.91 Å². The van der Waals surface area contributed by atoms with Crippen molar-refractivity contribution in [2.45, 2.75) is 132 Å². The Morgan fingerprint density at radius 2 is 1.50 bits per heavy atom. The van der Waals surface area contributed by atoms with Crippen molar-refractivity contribution in [2.24, 2.45) is 51.8 Å². The fourth-order valence-electron chi connectivity index (χ4n) is 10.4. The highest BCUT2D eigenvalue weighted by atomic mass is 16.1. The van der Waals surface area contributed by atoms with E-state index < -0.39 is 0 Å². The van der Waals surface area contributed by atoms with Gasteiger partial charge in [-0.15, -0.1) is 0 Å². The van der Waals surface area contributed by atoms with Crippen LogP contribution in [-0.4, -0.2) is 11.9 Å². The minimum Gasteiger partial charge on any atom is -0.354 e. The summed E-state index contributed by atoms with van der Waals surface area (Å²) in [5, 5.41) is 3.26. The summed E-state index contributed by atoms with van der Waals surface area (Å²) < 4.78 is 0. The maximum Gasteiger partial charge on any atom is 0.217 e. The molecular formula is C30H53NO. The van der Waals surface area contributed by atoms with E-state index in [2.05, 4.69) is 46.9 Å². The molecule has 1 amide bonds. The maximum absolute atomic E-state index is 11.7. The molecule has 0 bridgehead atoms. The highest BCUT2D eigenvalue weighted by Crippen LogP contribution is 2.73. The van der Waals surface area contributed by atoms with Crippen molar-refractivity contribution in [3.63, 3.8) is 0 Å². The maximum atomic E-state index is 11.7. The molecule has 0 spiro atoms. The first-order chi connectivity index (χ1) is 15.0. The number of hydrogen-bond acceptors (Lipinski definition) is 1. The summed E-state index contributed by atoms with van der Waals surface area (Å²) in [5.74, 6) is 5.47. The Morgan fingerprint density at radius 1 is 0.844 bits per heavy atom. The zero-order valence-electron chi connectivity index (χ0n) is 22.4. The predicted octanol–water partition coefficient (Wildman–Crippen LogP) is 8.00. The lowest BCUT2D eigenvalue weighted by Gasteiger charge is -2.66. The summed E-state index contributed by atoms with van der Waals surface area (Å²) >= 11 is 0. The van der Waals surface area contributed by atoms with E-state index in [0.29, 0.717) is 22.3 Å². The van der Waals surface area contributed by atoms with Crippen LogP contribution < -0.4 is 5.32 Å². The second-order valence-corrected chi connectivity index (χ2v) is 14.1. The van der Waals surface area contributed by atoms with Crippen LogP contribution in [-0.2, 0) is 4.79 Å². The van der Waals surface area contributed by atoms with Crippen molar-refractivity contribution in [2.75, 3.05) is 0 Å². The van der Waals surface area contributed by atoms with Crippen LogP contribution in [0.15, 0.2) is 0 Å². The van der Waals surface area contributed by atoms with E-state index in [4.69, 9.17) is 0 Å². The zero-order chi connectivity index (χ0) is 23.3. The van der Waals surface area contributed by atoms with Crippen molar-refractivity contribution in [3.05, 3.63) is 0 Å². The zero-order valence-corrected chi connectivity index (χ0v) is 22.4. The number of rotatable bonds is 6. The smallest absolute Gasteiger partial charge is 0.217 e. The molecule has 2 nitrogen and oxygen atoms in total. The van der Waals surface area contributed by atoms with Crippen molar-refractivity contribution in [1.82, 2.24) is 5.32 Å². The lowest BCUT2D eigenvalue weighted by Crippen LogP contribution is -2.59. The summed E-state index contributed by atoms with van der Waals surface area (Å²) in [7, 11) is 0. The van der Waals surface area contributed by atoms with Crippen LogP contribution in [0.25, 0.3) is 0 Å². The molecule has 0 saturated heterocycles. The average molecular weight is 444 g/mol. The average Bonchev–Trinajstić information content (AvgIpc) is 3.06. The van der Waals surface area contributed by atoms with Gasteiger partial charge in [0, 0.05) is 13.0 Å². The van der Waals surface area contributed by atoms with Gasteiger partial charge in [0.25, 0.3) is 0 Å². The monoisotopic (exact) mass is 443 g/mol. The second kappa shape index (κ2) is 8.92. The van der Waals surface area contributed by atoms with Gasteiger partial charge in [0.1, 0.15) is 0 Å². The van der Waals surface area contributed by atoms with Gasteiger partial charge in [0.05, 0.1) is 0 Å².